The van der Waals surface area contributed by atoms with E-state index in [4.69, 9.17) is 23.7 Å². The zero-order chi connectivity index (χ0) is 24.3. The quantitative estimate of drug-likeness (QED) is 0.0938. The molecule has 2 aliphatic rings. The minimum Gasteiger partial charge on any atom is -0.378 e. The highest BCUT2D eigenvalue weighted by Crippen LogP contribution is 2.33. The molecule has 2 heterocycles. The van der Waals surface area contributed by atoms with Crippen molar-refractivity contribution in [3.8, 4) is 0 Å². The smallest absolute Gasteiger partial charge is 0.315 e. The second-order valence-corrected chi connectivity index (χ2v) is 9.72. The van der Waals surface area contributed by atoms with Gasteiger partial charge in [0.2, 0.25) is 5.91 Å². The second-order valence-electron chi connectivity index (χ2n) is 8.00. The van der Waals surface area contributed by atoms with Gasteiger partial charge in [0.15, 0.2) is 0 Å². The summed E-state index contributed by atoms with van der Waals surface area (Å²) in [5.74, 6) is 1.74. The standard InChI is InChI=1S/C22H41N3O7S2/c26-20(4-2-1-3-19-21-18(17-34-19)24-22(27)25-21)23-5-6-28-7-8-29-9-10-30-11-12-31-13-14-32-15-16-33/h18-19,21,33H,1-17H2,(H,23,26)(H2,24,25,27)/t18-,19-,21-/m0/s1. The minimum atomic E-state index is -0.0537. The summed E-state index contributed by atoms with van der Waals surface area (Å²) in [6, 6.07) is 0.439. The van der Waals surface area contributed by atoms with Crippen LogP contribution in [0, 0.1) is 0 Å². The maximum atomic E-state index is 11.9. The summed E-state index contributed by atoms with van der Waals surface area (Å²) < 4.78 is 26.9. The van der Waals surface area contributed by atoms with E-state index < -0.39 is 0 Å². The molecule has 3 atom stereocenters. The van der Waals surface area contributed by atoms with Crippen molar-refractivity contribution in [2.75, 3.05) is 84.1 Å². The molecule has 0 aromatic carbocycles. The van der Waals surface area contributed by atoms with Gasteiger partial charge in [-0.05, 0) is 12.8 Å². The molecule has 0 unspecified atom stereocenters. The van der Waals surface area contributed by atoms with Gasteiger partial charge < -0.3 is 39.6 Å². The first kappa shape index (κ1) is 29.5. The van der Waals surface area contributed by atoms with Crippen LogP contribution in [0.2, 0.25) is 0 Å². The lowest BCUT2D eigenvalue weighted by atomic mass is 10.0. The van der Waals surface area contributed by atoms with Gasteiger partial charge in [0, 0.05) is 29.7 Å². The number of thioether (sulfide) groups is 1. The Morgan fingerprint density at radius 1 is 0.882 bits per heavy atom. The van der Waals surface area contributed by atoms with Gasteiger partial charge in [0.1, 0.15) is 0 Å². The topological polar surface area (TPSA) is 116 Å². The maximum Gasteiger partial charge on any atom is 0.315 e. The molecular formula is C22H41N3O7S2. The Morgan fingerprint density at radius 2 is 1.47 bits per heavy atom. The zero-order valence-electron chi connectivity index (χ0n) is 20.0. The molecule has 2 rings (SSSR count). The molecule has 2 aliphatic heterocycles. The number of carbonyl (C=O) groups is 2. The van der Waals surface area contributed by atoms with E-state index >= 15 is 0 Å². The molecule has 12 heteroatoms. The lowest BCUT2D eigenvalue weighted by Gasteiger charge is -2.16. The molecule has 10 nitrogen and oxygen atoms in total. The van der Waals surface area contributed by atoms with E-state index in [1.807, 2.05) is 11.8 Å². The predicted octanol–water partition coefficient (Wildman–Crippen LogP) is 0.841. The fourth-order valence-corrected chi connectivity index (χ4v) is 5.34. The van der Waals surface area contributed by atoms with Gasteiger partial charge in [-0.3, -0.25) is 4.79 Å². The molecule has 0 aliphatic carbocycles. The van der Waals surface area contributed by atoms with E-state index in [0.29, 0.717) is 84.3 Å². The third-order valence-electron chi connectivity index (χ3n) is 5.37. The summed E-state index contributed by atoms with van der Waals surface area (Å²) in [6.07, 6.45) is 3.39. The summed E-state index contributed by atoms with van der Waals surface area (Å²) in [5, 5.41) is 9.28. The number of nitrogens with one attached hydrogen (secondary N) is 3. The molecule has 0 saturated carbocycles. The van der Waals surface area contributed by atoms with E-state index in [0.717, 1.165) is 30.8 Å². The van der Waals surface area contributed by atoms with Gasteiger partial charge >= 0.3 is 6.03 Å². The molecule has 2 fully saturated rings. The van der Waals surface area contributed by atoms with E-state index in [9.17, 15) is 9.59 Å². The van der Waals surface area contributed by atoms with Gasteiger partial charge in [0.25, 0.3) is 0 Å². The monoisotopic (exact) mass is 523 g/mol. The van der Waals surface area contributed by atoms with Crippen LogP contribution in [0.1, 0.15) is 25.7 Å². The summed E-state index contributed by atoms with van der Waals surface area (Å²) in [4.78, 5) is 23.3. The zero-order valence-corrected chi connectivity index (χ0v) is 21.7. The third-order valence-corrected chi connectivity index (χ3v) is 7.06. The molecule has 0 aromatic rings. The number of amides is 3. The fraction of sp³-hybridized carbons (Fsp3) is 0.909. The van der Waals surface area contributed by atoms with E-state index in [2.05, 4.69) is 28.6 Å². The van der Waals surface area contributed by atoms with Crippen molar-refractivity contribution in [1.82, 2.24) is 16.0 Å². The Labute approximate surface area is 212 Å². The number of urea groups is 1. The number of hydrogen-bond donors (Lipinski definition) is 4. The van der Waals surface area contributed by atoms with Crippen LogP contribution >= 0.6 is 24.4 Å². The SMILES string of the molecule is O=C(CCCC[C@@H]1SC[C@@H]2NC(=O)N[C@@H]21)NCCOCCOCCOCCOCCOCCS. The predicted molar refractivity (Wildman–Crippen MR) is 135 cm³/mol. The normalized spacial score (nSPS) is 21.3. The summed E-state index contributed by atoms with van der Waals surface area (Å²) >= 11 is 5.96. The van der Waals surface area contributed by atoms with Crippen LogP contribution in [-0.4, -0.2) is 113 Å². The first-order valence-electron chi connectivity index (χ1n) is 12.2. The summed E-state index contributed by atoms with van der Waals surface area (Å²) in [6.45, 7) is 5.82. The van der Waals surface area contributed by atoms with Crippen molar-refractivity contribution < 1.29 is 33.3 Å². The van der Waals surface area contributed by atoms with Crippen LogP contribution in [0.15, 0.2) is 0 Å². The average Bonchev–Trinajstić information content (AvgIpc) is 3.38. The van der Waals surface area contributed by atoms with Crippen molar-refractivity contribution >= 4 is 36.3 Å². The van der Waals surface area contributed by atoms with Crippen LogP contribution in [0.4, 0.5) is 4.79 Å². The Bertz CT molecular complexity index is 563. The van der Waals surface area contributed by atoms with Crippen LogP contribution < -0.4 is 16.0 Å². The van der Waals surface area contributed by atoms with Crippen LogP contribution in [0.25, 0.3) is 0 Å². The second kappa shape index (κ2) is 19.4. The lowest BCUT2D eigenvalue weighted by molar-refractivity contribution is -0.121. The summed E-state index contributed by atoms with van der Waals surface area (Å²) in [7, 11) is 0. The molecule has 0 radical (unpaired) electrons. The fourth-order valence-electron chi connectivity index (χ4n) is 3.67. The highest BCUT2D eigenvalue weighted by atomic mass is 32.2. The Hall–Kier alpha value is -0.760. The van der Waals surface area contributed by atoms with Crippen molar-refractivity contribution in [3.63, 3.8) is 0 Å². The first-order valence-corrected chi connectivity index (χ1v) is 13.8. The molecule has 3 N–H and O–H groups in total. The first-order chi connectivity index (χ1) is 16.7. The van der Waals surface area contributed by atoms with E-state index in [-0.39, 0.29) is 24.0 Å². The summed E-state index contributed by atoms with van der Waals surface area (Å²) in [5.41, 5.74) is 0. The molecule has 3 amide bonds. The number of thiol groups is 1. The minimum absolute atomic E-state index is 0.0537. The molecule has 0 aromatic heterocycles. The highest BCUT2D eigenvalue weighted by Gasteiger charge is 2.42. The number of carbonyl (C=O) groups excluding carboxylic acids is 2. The number of fused-ring (bicyclic) bond motifs is 1. The molecule has 0 spiro atoms. The highest BCUT2D eigenvalue weighted by molar-refractivity contribution is 8.00. The van der Waals surface area contributed by atoms with Crippen molar-refractivity contribution in [1.29, 1.82) is 0 Å². The largest absolute Gasteiger partial charge is 0.378 e. The van der Waals surface area contributed by atoms with E-state index in [1.54, 1.807) is 0 Å². The van der Waals surface area contributed by atoms with Gasteiger partial charge in [-0.25, -0.2) is 4.79 Å². The van der Waals surface area contributed by atoms with Gasteiger partial charge in [-0.2, -0.15) is 24.4 Å². The van der Waals surface area contributed by atoms with E-state index in [1.165, 1.54) is 0 Å². The molecule has 0 bridgehead atoms. The molecule has 198 valence electrons. The van der Waals surface area contributed by atoms with Gasteiger partial charge in [0.05, 0.1) is 78.2 Å². The van der Waals surface area contributed by atoms with Crippen molar-refractivity contribution in [2.24, 2.45) is 0 Å². The number of rotatable bonds is 22. The lowest BCUT2D eigenvalue weighted by Crippen LogP contribution is -2.36. The van der Waals surface area contributed by atoms with Crippen molar-refractivity contribution in [2.45, 2.75) is 43.0 Å². The van der Waals surface area contributed by atoms with Gasteiger partial charge in [-0.1, -0.05) is 6.42 Å². The third kappa shape index (κ3) is 13.4. The van der Waals surface area contributed by atoms with Crippen molar-refractivity contribution in [3.05, 3.63) is 0 Å². The van der Waals surface area contributed by atoms with Gasteiger partial charge in [-0.15, -0.1) is 0 Å². The maximum absolute atomic E-state index is 11.9. The van der Waals surface area contributed by atoms with Crippen LogP contribution in [0.3, 0.4) is 0 Å². The molecule has 2 saturated heterocycles. The Kier molecular flexibility index (Phi) is 16.8. The molecule has 34 heavy (non-hydrogen) atoms. The number of hydrogen-bond acceptors (Lipinski definition) is 9. The average molecular weight is 524 g/mol. The van der Waals surface area contributed by atoms with Crippen LogP contribution in [-0.2, 0) is 28.5 Å². The Morgan fingerprint density at radius 3 is 2.09 bits per heavy atom. The number of unbranched alkanes of at least 4 members (excludes halogenated alkanes) is 1. The molecular weight excluding hydrogens is 482 g/mol. The Balaban J connectivity index is 1.26. The number of ether oxygens (including phenoxy) is 5. The van der Waals surface area contributed by atoms with Crippen LogP contribution in [0.5, 0.6) is 0 Å².